The van der Waals surface area contributed by atoms with Crippen molar-refractivity contribution < 1.29 is 19.6 Å². The molecule has 0 spiro atoms. The first-order valence-electron chi connectivity index (χ1n) is 11.0. The first-order chi connectivity index (χ1) is 16.7. The molecule has 0 saturated carbocycles. The number of anilines is 1. The molecule has 1 aliphatic rings. The predicted molar refractivity (Wildman–Crippen MR) is 136 cm³/mol. The monoisotopic (exact) mass is 491 g/mol. The Labute approximate surface area is 206 Å². The third kappa shape index (κ3) is 6.18. The normalized spacial score (nSPS) is 15.2. The molecule has 3 aromatic heterocycles. The molecule has 3 heterocycles. The minimum atomic E-state index is -0.764. The number of furan rings is 1. The summed E-state index contributed by atoms with van der Waals surface area (Å²) in [5, 5.41) is 25.8. The molecule has 1 amide bonds. The molecule has 0 aliphatic heterocycles. The predicted octanol–water partition coefficient (Wildman–Crippen LogP) is 2.72. The molecule has 35 heavy (non-hydrogen) atoms. The van der Waals surface area contributed by atoms with Crippen molar-refractivity contribution in [1.82, 2.24) is 15.3 Å². The summed E-state index contributed by atoms with van der Waals surface area (Å²) in [6.07, 6.45) is 10.6. The van der Waals surface area contributed by atoms with E-state index >= 15 is 0 Å². The molecule has 180 valence electrons. The number of nitrogen functional groups attached to an aromatic ring is 1. The highest BCUT2D eigenvalue weighted by Gasteiger charge is 2.22. The fourth-order valence-electron chi connectivity index (χ4n) is 3.45. The maximum atomic E-state index is 13.0. The van der Waals surface area contributed by atoms with Gasteiger partial charge in [0.15, 0.2) is 0 Å². The number of nitrogens with zero attached hydrogens (tertiary/aromatic N) is 2. The number of carbonyl (C=O) groups excluding carboxylic acids is 1. The Morgan fingerprint density at radius 1 is 1.34 bits per heavy atom. The van der Waals surface area contributed by atoms with Crippen LogP contribution in [0.4, 0.5) is 5.82 Å². The zero-order valence-electron chi connectivity index (χ0n) is 19.4. The molecule has 10 heteroatoms. The number of rotatable bonds is 8. The molecule has 0 bridgehead atoms. The number of quaternary nitrogens is 1. The minimum Gasteiger partial charge on any atom is -0.472 e. The number of amides is 1. The number of thiazole rings is 1. The average molecular weight is 492 g/mol. The summed E-state index contributed by atoms with van der Waals surface area (Å²) in [7, 11) is 0. The topological polar surface area (TPSA) is 155 Å². The Kier molecular flexibility index (Phi) is 7.06. The molecule has 7 N–H and O–H groups in total. The van der Waals surface area contributed by atoms with Crippen LogP contribution >= 0.6 is 11.3 Å². The molecule has 1 aliphatic carbocycles. The molecule has 0 unspecified atom stereocenters. The van der Waals surface area contributed by atoms with Crippen LogP contribution in [0, 0.1) is 5.41 Å². The van der Waals surface area contributed by atoms with Gasteiger partial charge in [0.05, 0.1) is 36.0 Å². The Bertz CT molecular complexity index is 1330. The van der Waals surface area contributed by atoms with Gasteiger partial charge in [-0.05, 0) is 44.2 Å². The lowest BCUT2D eigenvalue weighted by molar-refractivity contribution is -0.590. The fraction of sp³-hybridized carbons (Fsp3) is 0.200. The number of aliphatic hydroxyl groups is 1. The molecule has 0 aromatic carbocycles. The maximum Gasteiger partial charge on any atom is 0.275 e. The molecule has 3 aromatic rings. The van der Waals surface area contributed by atoms with Crippen molar-refractivity contribution in [2.24, 2.45) is 0 Å². The van der Waals surface area contributed by atoms with Crippen molar-refractivity contribution in [3.63, 3.8) is 0 Å². The van der Waals surface area contributed by atoms with Crippen LogP contribution in [0.2, 0.25) is 0 Å². The standard InChI is InChI=1S/C25H26N6O3S/c1-25(2,33)5-7-28-12-17-9-18(11-19(22(17)27)16-4-8-34-13-16)30-23(32)20-14-35-24(31-20)15-3-6-29-21(26)10-15/h3-4,6,8-14,27-28,33H,5,7H2,1-2H3,(H2,26,29)(H,30,32)/p+1/b17-12-,27-22?. The van der Waals surface area contributed by atoms with Gasteiger partial charge in [-0.25, -0.2) is 9.97 Å². The Hall–Kier alpha value is -3.86. The van der Waals surface area contributed by atoms with E-state index in [1.165, 1.54) is 11.3 Å². The van der Waals surface area contributed by atoms with Crippen LogP contribution in [0.1, 0.15) is 36.3 Å². The van der Waals surface area contributed by atoms with E-state index in [-0.39, 0.29) is 11.6 Å². The van der Waals surface area contributed by atoms with Gasteiger partial charge in [0.25, 0.3) is 5.91 Å². The fourth-order valence-corrected chi connectivity index (χ4v) is 4.24. The lowest BCUT2D eigenvalue weighted by Gasteiger charge is -2.17. The molecular formula is C25H27N6O3S+. The van der Waals surface area contributed by atoms with E-state index in [4.69, 9.17) is 15.6 Å². The lowest BCUT2D eigenvalue weighted by Crippen LogP contribution is -2.79. The Morgan fingerprint density at radius 2 is 2.17 bits per heavy atom. The number of allylic oxidation sites excluding steroid dienone is 4. The van der Waals surface area contributed by atoms with Gasteiger partial charge in [-0.2, -0.15) is 0 Å². The molecule has 0 fully saturated rings. The van der Waals surface area contributed by atoms with Gasteiger partial charge >= 0.3 is 0 Å². The van der Waals surface area contributed by atoms with E-state index in [2.05, 4.69) is 15.3 Å². The summed E-state index contributed by atoms with van der Waals surface area (Å²) in [6, 6.07) is 5.27. The van der Waals surface area contributed by atoms with Crippen molar-refractivity contribution in [2.45, 2.75) is 25.9 Å². The van der Waals surface area contributed by atoms with E-state index in [1.54, 1.807) is 68.3 Å². The van der Waals surface area contributed by atoms with Crippen LogP contribution in [0.5, 0.6) is 0 Å². The van der Waals surface area contributed by atoms with Crippen molar-refractivity contribution in [2.75, 3.05) is 12.3 Å². The smallest absolute Gasteiger partial charge is 0.275 e. The summed E-state index contributed by atoms with van der Waals surface area (Å²) in [4.78, 5) is 21.4. The van der Waals surface area contributed by atoms with Crippen LogP contribution in [-0.4, -0.2) is 38.8 Å². The lowest BCUT2D eigenvalue weighted by atomic mass is 9.92. The van der Waals surface area contributed by atoms with Gasteiger partial charge in [-0.1, -0.05) is 0 Å². The van der Waals surface area contributed by atoms with Gasteiger partial charge < -0.3 is 25.9 Å². The van der Waals surface area contributed by atoms with Gasteiger partial charge in [0, 0.05) is 40.4 Å². The van der Waals surface area contributed by atoms with E-state index in [0.29, 0.717) is 46.3 Å². The minimum absolute atomic E-state index is 0.280. The Morgan fingerprint density at radius 3 is 2.89 bits per heavy atom. The number of aromatic nitrogens is 2. The number of pyridine rings is 1. The number of carbonyl (C=O) groups is 1. The first kappa shape index (κ1) is 24.3. The van der Waals surface area contributed by atoms with Gasteiger partial charge in [0.1, 0.15) is 22.7 Å². The zero-order chi connectivity index (χ0) is 25.0. The quantitative estimate of drug-likeness (QED) is 0.305. The number of nitrogens with two attached hydrogens (primary N) is 2. The summed E-state index contributed by atoms with van der Waals surface area (Å²) in [5.74, 6) is 0.0245. The number of hydrogen-bond acceptors (Lipinski definition) is 8. The SMILES string of the molecule is CC(C)(O)CC[NH2+]/C=C1/C=C(NC(=O)c2csc(-c3ccnc(N)c3)n2)C=C(c2ccoc2)C1=N. The van der Waals surface area contributed by atoms with Gasteiger partial charge in [-0.15, -0.1) is 11.3 Å². The second-order valence-electron chi connectivity index (χ2n) is 8.71. The number of hydrogen-bond donors (Lipinski definition) is 5. The van der Waals surface area contributed by atoms with Crippen LogP contribution in [0.3, 0.4) is 0 Å². The highest BCUT2D eigenvalue weighted by molar-refractivity contribution is 7.13. The van der Waals surface area contributed by atoms with Crippen LogP contribution < -0.4 is 16.4 Å². The summed E-state index contributed by atoms with van der Waals surface area (Å²) in [6.45, 7) is 4.18. The van der Waals surface area contributed by atoms with Gasteiger partial charge in [-0.3, -0.25) is 10.2 Å². The van der Waals surface area contributed by atoms with E-state index in [1.807, 2.05) is 11.5 Å². The Balaban J connectivity index is 1.55. The van der Waals surface area contributed by atoms with Crippen molar-refractivity contribution in [3.05, 3.63) is 83.2 Å². The third-order valence-electron chi connectivity index (χ3n) is 5.24. The second kappa shape index (κ2) is 10.2. The highest BCUT2D eigenvalue weighted by atomic mass is 32.1. The van der Waals surface area contributed by atoms with Crippen molar-refractivity contribution in [1.29, 1.82) is 5.41 Å². The van der Waals surface area contributed by atoms with E-state index in [0.717, 1.165) is 11.1 Å². The second-order valence-corrected chi connectivity index (χ2v) is 9.57. The molecular weight excluding hydrogens is 464 g/mol. The maximum absolute atomic E-state index is 13.0. The van der Waals surface area contributed by atoms with Gasteiger partial charge in [0.2, 0.25) is 0 Å². The molecule has 4 rings (SSSR count). The largest absolute Gasteiger partial charge is 0.472 e. The molecule has 0 radical (unpaired) electrons. The van der Waals surface area contributed by atoms with Crippen LogP contribution in [0.15, 0.2) is 76.3 Å². The highest BCUT2D eigenvalue weighted by Crippen LogP contribution is 2.27. The van der Waals surface area contributed by atoms with Crippen molar-refractivity contribution in [3.8, 4) is 10.6 Å². The third-order valence-corrected chi connectivity index (χ3v) is 6.14. The summed E-state index contributed by atoms with van der Waals surface area (Å²) >= 11 is 1.34. The average Bonchev–Trinajstić information content (AvgIpc) is 3.50. The summed E-state index contributed by atoms with van der Waals surface area (Å²) < 4.78 is 5.20. The van der Waals surface area contributed by atoms with E-state index in [9.17, 15) is 9.90 Å². The van der Waals surface area contributed by atoms with Crippen molar-refractivity contribution >= 4 is 34.3 Å². The summed E-state index contributed by atoms with van der Waals surface area (Å²) in [5.41, 5.74) is 8.92. The van der Waals surface area contributed by atoms with E-state index < -0.39 is 5.60 Å². The number of nitrogens with one attached hydrogen (secondary N) is 2. The van der Waals surface area contributed by atoms with Crippen LogP contribution in [0.25, 0.3) is 16.1 Å². The van der Waals surface area contributed by atoms with Crippen LogP contribution in [-0.2, 0) is 0 Å². The molecule has 0 atom stereocenters. The zero-order valence-corrected chi connectivity index (χ0v) is 20.2. The molecule has 9 nitrogen and oxygen atoms in total. The first-order valence-corrected chi connectivity index (χ1v) is 11.9. The molecule has 0 saturated heterocycles.